The van der Waals surface area contributed by atoms with Crippen molar-refractivity contribution < 1.29 is 14.3 Å². The maximum atomic E-state index is 12.9. The van der Waals surface area contributed by atoms with Gasteiger partial charge >= 0.3 is 0 Å². The molecule has 1 N–H and O–H groups in total. The molecular weight excluding hydrogens is 611 g/mol. The van der Waals surface area contributed by atoms with Crippen LogP contribution < -0.4 is 14.8 Å². The lowest BCUT2D eigenvalue weighted by atomic mass is 10.0. The summed E-state index contributed by atoms with van der Waals surface area (Å²) in [7, 11) is 0. The lowest BCUT2D eigenvalue weighted by Gasteiger charge is -2.17. The lowest BCUT2D eigenvalue weighted by Crippen LogP contribution is -2.14. The topological polar surface area (TPSA) is 71.3 Å². The minimum absolute atomic E-state index is 0.0392. The number of rotatable bonds is 8. The van der Waals surface area contributed by atoms with Gasteiger partial charge in [0.25, 0.3) is 5.91 Å². The number of carbonyl (C=O) groups is 1. The molecule has 7 heteroatoms. The number of nitrogens with one attached hydrogen (secondary N) is 1. The van der Waals surface area contributed by atoms with Crippen LogP contribution >= 0.6 is 34.2 Å². The molecule has 0 aromatic heterocycles. The molecule has 4 aromatic carbocycles. The molecule has 0 saturated heterocycles. The van der Waals surface area contributed by atoms with Gasteiger partial charge in [-0.15, -0.1) is 0 Å². The van der Waals surface area contributed by atoms with Crippen LogP contribution in [0.1, 0.15) is 29.2 Å². The molecule has 0 spiro atoms. The highest BCUT2D eigenvalue weighted by atomic mass is 127. The molecule has 192 valence electrons. The van der Waals surface area contributed by atoms with Crippen LogP contribution in [0.3, 0.4) is 0 Å². The predicted molar refractivity (Wildman–Crippen MR) is 162 cm³/mol. The van der Waals surface area contributed by atoms with Gasteiger partial charge in [-0.1, -0.05) is 54.1 Å². The van der Waals surface area contributed by atoms with Crippen LogP contribution in [0, 0.1) is 28.7 Å². The van der Waals surface area contributed by atoms with E-state index in [1.165, 1.54) is 0 Å². The highest BCUT2D eigenvalue weighted by Gasteiger charge is 2.16. The Kier molecular flexibility index (Phi) is 8.93. The van der Waals surface area contributed by atoms with Crippen molar-refractivity contribution in [3.8, 4) is 17.6 Å². The zero-order valence-electron chi connectivity index (χ0n) is 21.3. The second-order valence-corrected chi connectivity index (χ2v) is 10.3. The molecule has 0 heterocycles. The highest BCUT2D eigenvalue weighted by Crippen LogP contribution is 2.36. The number of aryl methyl sites for hydroxylation is 2. The van der Waals surface area contributed by atoms with E-state index in [4.69, 9.17) is 21.1 Å². The summed E-state index contributed by atoms with van der Waals surface area (Å²) in [6.45, 7) is 6.65. The maximum absolute atomic E-state index is 12.9. The Morgan fingerprint density at radius 2 is 1.82 bits per heavy atom. The average molecular weight is 637 g/mol. The third-order valence-corrected chi connectivity index (χ3v) is 7.13. The van der Waals surface area contributed by atoms with Crippen LogP contribution in [0.5, 0.6) is 11.5 Å². The Bertz CT molecular complexity index is 1590. The first-order valence-corrected chi connectivity index (χ1v) is 13.5. The zero-order valence-corrected chi connectivity index (χ0v) is 24.2. The molecule has 0 atom stereocenters. The standard InChI is InChI=1S/C31H26ClIN2O3/c1-4-37-29-15-21(13-23(17-34)31(36)35-28-16-24(32)12-10-20(28)3)14-27(33)30(29)38-18-26-19(2)9-11-22-7-5-6-8-25(22)26/h5-16H,4,18H2,1-3H3,(H,35,36)/b23-13+. The summed E-state index contributed by atoms with van der Waals surface area (Å²) in [5, 5.41) is 15.3. The van der Waals surface area contributed by atoms with Gasteiger partial charge in [-0.05, 0) is 101 Å². The highest BCUT2D eigenvalue weighted by molar-refractivity contribution is 14.1. The first-order valence-electron chi connectivity index (χ1n) is 12.1. The molecule has 0 radical (unpaired) electrons. The Morgan fingerprint density at radius 1 is 1.05 bits per heavy atom. The Labute approximate surface area is 241 Å². The van der Waals surface area contributed by atoms with E-state index in [0.29, 0.717) is 41.0 Å². The van der Waals surface area contributed by atoms with Gasteiger partial charge in [-0.25, -0.2) is 0 Å². The second-order valence-electron chi connectivity index (χ2n) is 8.72. The molecule has 1 amide bonds. The molecule has 38 heavy (non-hydrogen) atoms. The van der Waals surface area contributed by atoms with Crippen LogP contribution in [-0.2, 0) is 11.4 Å². The summed E-state index contributed by atoms with van der Waals surface area (Å²) < 4.78 is 13.0. The lowest BCUT2D eigenvalue weighted by molar-refractivity contribution is -0.112. The molecule has 0 aliphatic rings. The van der Waals surface area contributed by atoms with Gasteiger partial charge in [0.1, 0.15) is 18.2 Å². The van der Waals surface area contributed by atoms with E-state index < -0.39 is 5.91 Å². The number of halogens is 2. The van der Waals surface area contributed by atoms with E-state index in [-0.39, 0.29) is 5.57 Å². The van der Waals surface area contributed by atoms with Gasteiger partial charge < -0.3 is 14.8 Å². The van der Waals surface area contributed by atoms with Crippen LogP contribution in [0.2, 0.25) is 5.02 Å². The first kappa shape index (κ1) is 27.5. The van der Waals surface area contributed by atoms with E-state index in [9.17, 15) is 10.1 Å². The van der Waals surface area contributed by atoms with Gasteiger partial charge in [-0.2, -0.15) is 5.26 Å². The van der Waals surface area contributed by atoms with Gasteiger partial charge in [0, 0.05) is 16.3 Å². The van der Waals surface area contributed by atoms with Gasteiger partial charge in [-0.3, -0.25) is 4.79 Å². The number of nitriles is 1. The molecule has 0 bridgehead atoms. The third-order valence-electron chi connectivity index (χ3n) is 6.09. The molecule has 5 nitrogen and oxygen atoms in total. The van der Waals surface area contributed by atoms with E-state index in [1.54, 1.807) is 24.3 Å². The molecule has 0 aliphatic carbocycles. The maximum Gasteiger partial charge on any atom is 0.266 e. The molecular formula is C31H26ClIN2O3. The van der Waals surface area contributed by atoms with Crippen molar-refractivity contribution in [2.24, 2.45) is 0 Å². The normalized spacial score (nSPS) is 11.2. The Hall–Kier alpha value is -3.54. The molecule has 0 aliphatic heterocycles. The fourth-order valence-corrected chi connectivity index (χ4v) is 5.04. The third kappa shape index (κ3) is 6.29. The predicted octanol–water partition coefficient (Wildman–Crippen LogP) is 8.24. The number of nitrogens with zero attached hydrogens (tertiary/aromatic N) is 1. The summed E-state index contributed by atoms with van der Waals surface area (Å²) >= 11 is 8.26. The summed E-state index contributed by atoms with van der Waals surface area (Å²) in [5.41, 5.74) is 4.28. The van der Waals surface area contributed by atoms with Crippen molar-refractivity contribution in [3.63, 3.8) is 0 Å². The van der Waals surface area contributed by atoms with Crippen molar-refractivity contribution in [3.05, 3.63) is 103 Å². The molecule has 0 fully saturated rings. The van der Waals surface area contributed by atoms with Gasteiger partial charge in [0.2, 0.25) is 0 Å². The quantitative estimate of drug-likeness (QED) is 0.120. The first-order chi connectivity index (χ1) is 18.3. The van der Waals surface area contributed by atoms with E-state index in [1.807, 2.05) is 44.2 Å². The largest absolute Gasteiger partial charge is 0.490 e. The number of hydrogen-bond donors (Lipinski definition) is 1. The second kappa shape index (κ2) is 12.3. The number of fused-ring (bicyclic) bond motifs is 1. The SMILES string of the molecule is CCOc1cc(/C=C(\C#N)C(=O)Nc2cc(Cl)ccc2C)cc(I)c1OCc1c(C)ccc2ccccc12. The van der Waals surface area contributed by atoms with Crippen molar-refractivity contribution in [2.45, 2.75) is 27.4 Å². The van der Waals surface area contributed by atoms with Crippen LogP contribution in [0.4, 0.5) is 5.69 Å². The van der Waals surface area contributed by atoms with E-state index in [0.717, 1.165) is 31.0 Å². The fourth-order valence-electron chi connectivity index (χ4n) is 4.09. The van der Waals surface area contributed by atoms with Crippen LogP contribution in [-0.4, -0.2) is 12.5 Å². The van der Waals surface area contributed by atoms with Crippen molar-refractivity contribution in [1.29, 1.82) is 5.26 Å². The molecule has 4 aromatic rings. The zero-order chi connectivity index (χ0) is 27.2. The smallest absolute Gasteiger partial charge is 0.266 e. The number of ether oxygens (including phenoxy) is 2. The van der Waals surface area contributed by atoms with Crippen molar-refractivity contribution in [1.82, 2.24) is 0 Å². The van der Waals surface area contributed by atoms with Crippen LogP contribution in [0.15, 0.2) is 72.3 Å². The summed E-state index contributed by atoms with van der Waals surface area (Å²) in [5.74, 6) is 0.652. The number of anilines is 1. The van der Waals surface area contributed by atoms with E-state index >= 15 is 0 Å². The number of amides is 1. The minimum atomic E-state index is -0.516. The fraction of sp³-hybridized carbons (Fsp3) is 0.161. The number of carbonyl (C=O) groups excluding carboxylic acids is 1. The van der Waals surface area contributed by atoms with E-state index in [2.05, 4.69) is 59.1 Å². The number of hydrogen-bond acceptors (Lipinski definition) is 4. The minimum Gasteiger partial charge on any atom is -0.490 e. The molecule has 0 saturated carbocycles. The number of benzene rings is 4. The molecule has 4 rings (SSSR count). The summed E-state index contributed by atoms with van der Waals surface area (Å²) in [4.78, 5) is 12.9. The Balaban J connectivity index is 1.62. The summed E-state index contributed by atoms with van der Waals surface area (Å²) in [6.07, 6.45) is 1.54. The van der Waals surface area contributed by atoms with Gasteiger partial charge in [0.15, 0.2) is 11.5 Å². The monoisotopic (exact) mass is 636 g/mol. The van der Waals surface area contributed by atoms with Gasteiger partial charge in [0.05, 0.1) is 10.2 Å². The Morgan fingerprint density at radius 3 is 2.58 bits per heavy atom. The molecule has 0 unspecified atom stereocenters. The van der Waals surface area contributed by atoms with Crippen LogP contribution in [0.25, 0.3) is 16.8 Å². The summed E-state index contributed by atoms with van der Waals surface area (Å²) in [6, 6.07) is 23.3. The van der Waals surface area contributed by atoms with Crippen molar-refractivity contribution in [2.75, 3.05) is 11.9 Å². The average Bonchev–Trinajstić information content (AvgIpc) is 2.90. The van der Waals surface area contributed by atoms with Crippen molar-refractivity contribution >= 4 is 62.6 Å².